The number of nitrogens with zero attached hydrogens (tertiary/aromatic N) is 1. The van der Waals surface area contributed by atoms with Gasteiger partial charge in [-0.15, -0.1) is 17.0 Å². The van der Waals surface area contributed by atoms with Gasteiger partial charge in [0.1, 0.15) is 5.84 Å². The summed E-state index contributed by atoms with van der Waals surface area (Å²) in [6, 6.07) is 23.5. The second-order valence-electron chi connectivity index (χ2n) is 6.97. The monoisotopic (exact) mass is 540 g/mol. The summed E-state index contributed by atoms with van der Waals surface area (Å²) in [6.45, 7) is 2.74. The first-order valence-corrected chi connectivity index (χ1v) is 10.6. The van der Waals surface area contributed by atoms with Gasteiger partial charge in [0.2, 0.25) is 0 Å². The maximum atomic E-state index is 11.9. The lowest BCUT2D eigenvalue weighted by molar-refractivity contribution is 0.0526. The summed E-state index contributed by atoms with van der Waals surface area (Å²) in [5.41, 5.74) is 5.51. The van der Waals surface area contributed by atoms with E-state index < -0.39 is 0 Å². The molecular formula is C25H22Br2N2O2. The van der Waals surface area contributed by atoms with Crippen molar-refractivity contribution in [3.8, 4) is 0 Å². The first kappa shape index (κ1) is 23.0. The number of ether oxygens (including phenoxy) is 1. The van der Waals surface area contributed by atoms with Gasteiger partial charge in [-0.3, -0.25) is 5.41 Å². The first-order chi connectivity index (χ1) is 14.6. The van der Waals surface area contributed by atoms with Crippen LogP contribution in [0.25, 0.3) is 11.6 Å². The number of hydrogen-bond acceptors (Lipinski definition) is 3. The van der Waals surface area contributed by atoms with Crippen molar-refractivity contribution in [1.82, 2.24) is 0 Å². The Labute approximate surface area is 201 Å². The molecule has 0 bridgehead atoms. The fraction of sp³-hybridized carbons (Fsp3) is 0.120. The lowest BCUT2D eigenvalue weighted by atomic mass is 9.92. The van der Waals surface area contributed by atoms with E-state index in [4.69, 9.17) is 10.1 Å². The second kappa shape index (κ2) is 10.1. The Morgan fingerprint density at radius 3 is 2.42 bits per heavy atom. The second-order valence-corrected chi connectivity index (χ2v) is 7.88. The summed E-state index contributed by atoms with van der Waals surface area (Å²) in [5, 5.41) is 8.92. The van der Waals surface area contributed by atoms with Crippen molar-refractivity contribution in [2.75, 3.05) is 11.5 Å². The molecular weight excluding hydrogens is 520 g/mol. The Morgan fingerprint density at radius 1 is 1.06 bits per heavy atom. The molecule has 6 heteroatoms. The molecule has 3 aromatic carbocycles. The molecule has 1 aliphatic rings. The number of carbonyl (C=O) groups excluding carboxylic acids is 1. The standard InChI is InChI=1S/C25H21BrN2O2.BrH/c1-2-30-25(29)18-9-13-21(14-10-18)28-16-19-5-3-4-6-22(19)23(24(28)27)15-17-7-11-20(26)12-8-17;/h3-15,27H,2,16H2,1H3;1H. The van der Waals surface area contributed by atoms with Crippen molar-refractivity contribution >= 4 is 62.1 Å². The van der Waals surface area contributed by atoms with Crippen LogP contribution >= 0.6 is 32.9 Å². The molecule has 1 aliphatic heterocycles. The number of esters is 1. The summed E-state index contributed by atoms with van der Waals surface area (Å²) in [6.07, 6.45) is 2.05. The van der Waals surface area contributed by atoms with E-state index in [1.807, 2.05) is 59.5 Å². The highest BCUT2D eigenvalue weighted by atomic mass is 79.9. The number of carbonyl (C=O) groups is 1. The van der Waals surface area contributed by atoms with Crippen LogP contribution in [0.5, 0.6) is 0 Å². The van der Waals surface area contributed by atoms with Crippen LogP contribution in [0, 0.1) is 5.41 Å². The highest BCUT2D eigenvalue weighted by Gasteiger charge is 2.26. The molecule has 0 radical (unpaired) electrons. The van der Waals surface area contributed by atoms with E-state index in [9.17, 15) is 4.79 Å². The molecule has 0 aliphatic carbocycles. The van der Waals surface area contributed by atoms with Crippen molar-refractivity contribution in [1.29, 1.82) is 5.41 Å². The molecule has 0 fully saturated rings. The number of anilines is 1. The van der Waals surface area contributed by atoms with Crippen LogP contribution in [-0.2, 0) is 11.3 Å². The fourth-order valence-corrected chi connectivity index (χ4v) is 3.79. The molecule has 1 heterocycles. The Bertz CT molecular complexity index is 1120. The maximum absolute atomic E-state index is 11.9. The summed E-state index contributed by atoms with van der Waals surface area (Å²) in [4.78, 5) is 13.9. The number of hydrogen-bond donors (Lipinski definition) is 1. The van der Waals surface area contributed by atoms with Crippen LogP contribution in [0.1, 0.15) is 34.0 Å². The molecule has 0 saturated carbocycles. The molecule has 0 unspecified atom stereocenters. The number of nitrogens with one attached hydrogen (secondary N) is 1. The van der Waals surface area contributed by atoms with E-state index in [1.165, 1.54) is 0 Å². The number of benzene rings is 3. The van der Waals surface area contributed by atoms with Gasteiger partial charge in [0.15, 0.2) is 0 Å². The van der Waals surface area contributed by atoms with Gasteiger partial charge in [0.05, 0.1) is 18.7 Å². The van der Waals surface area contributed by atoms with Crippen LogP contribution in [-0.4, -0.2) is 18.4 Å². The largest absolute Gasteiger partial charge is 0.462 e. The average Bonchev–Trinajstić information content (AvgIpc) is 2.77. The minimum Gasteiger partial charge on any atom is -0.462 e. The Balaban J connectivity index is 0.00000272. The zero-order chi connectivity index (χ0) is 21.1. The Kier molecular flexibility index (Phi) is 7.46. The molecule has 0 aromatic heterocycles. The highest BCUT2D eigenvalue weighted by molar-refractivity contribution is 9.10. The van der Waals surface area contributed by atoms with Crippen LogP contribution < -0.4 is 4.90 Å². The summed E-state index contributed by atoms with van der Waals surface area (Å²) < 4.78 is 6.09. The van der Waals surface area contributed by atoms with Crippen LogP contribution in [0.15, 0.2) is 77.3 Å². The Hall–Kier alpha value is -2.70. The van der Waals surface area contributed by atoms with Gasteiger partial charge in [-0.25, -0.2) is 4.79 Å². The lowest BCUT2D eigenvalue weighted by Crippen LogP contribution is -2.34. The van der Waals surface area contributed by atoms with Crippen LogP contribution in [0.2, 0.25) is 0 Å². The predicted molar refractivity (Wildman–Crippen MR) is 135 cm³/mol. The van der Waals surface area contributed by atoms with Gasteiger partial charge in [-0.05, 0) is 66.1 Å². The maximum Gasteiger partial charge on any atom is 0.338 e. The van der Waals surface area contributed by atoms with Crippen molar-refractivity contribution in [3.05, 3.63) is 99.5 Å². The molecule has 0 atom stereocenters. The zero-order valence-corrected chi connectivity index (χ0v) is 20.3. The molecule has 0 saturated heterocycles. The fourth-order valence-electron chi connectivity index (χ4n) is 3.53. The lowest BCUT2D eigenvalue weighted by Gasteiger charge is -2.33. The zero-order valence-electron chi connectivity index (χ0n) is 17.0. The smallest absolute Gasteiger partial charge is 0.338 e. The Morgan fingerprint density at radius 2 is 1.74 bits per heavy atom. The van der Waals surface area contributed by atoms with Crippen molar-refractivity contribution in [3.63, 3.8) is 0 Å². The number of fused-ring (bicyclic) bond motifs is 1. The molecule has 4 rings (SSSR count). The normalized spacial score (nSPS) is 14.1. The molecule has 31 heavy (non-hydrogen) atoms. The van der Waals surface area contributed by atoms with Gasteiger partial charge in [-0.1, -0.05) is 52.3 Å². The quantitative estimate of drug-likeness (QED) is 0.372. The minimum atomic E-state index is -0.334. The van der Waals surface area contributed by atoms with E-state index >= 15 is 0 Å². The molecule has 1 N–H and O–H groups in total. The van der Waals surface area contributed by atoms with Gasteiger partial charge >= 0.3 is 5.97 Å². The number of rotatable bonds is 4. The number of halogens is 2. The topological polar surface area (TPSA) is 53.4 Å². The molecule has 158 valence electrons. The van der Waals surface area contributed by atoms with Gasteiger partial charge in [0.25, 0.3) is 0 Å². The molecule has 3 aromatic rings. The SMILES string of the molecule is Br.CCOC(=O)c1ccc(N2Cc3ccccc3C(=Cc3ccc(Br)cc3)C2=N)cc1. The average molecular weight is 542 g/mol. The van der Waals surface area contributed by atoms with Gasteiger partial charge in [0, 0.05) is 15.7 Å². The van der Waals surface area contributed by atoms with Crippen molar-refractivity contribution < 1.29 is 9.53 Å². The highest BCUT2D eigenvalue weighted by Crippen LogP contribution is 2.33. The molecule has 4 nitrogen and oxygen atoms in total. The van der Waals surface area contributed by atoms with Crippen molar-refractivity contribution in [2.45, 2.75) is 13.5 Å². The van der Waals surface area contributed by atoms with Crippen LogP contribution in [0.3, 0.4) is 0 Å². The minimum absolute atomic E-state index is 0. The third-order valence-corrected chi connectivity index (χ3v) is 5.56. The van der Waals surface area contributed by atoms with E-state index in [1.54, 1.807) is 19.1 Å². The summed E-state index contributed by atoms with van der Waals surface area (Å²) >= 11 is 3.47. The predicted octanol–water partition coefficient (Wildman–Crippen LogP) is 6.74. The first-order valence-electron chi connectivity index (χ1n) is 9.76. The summed E-state index contributed by atoms with van der Waals surface area (Å²) in [5.74, 6) is 0.0967. The third-order valence-electron chi connectivity index (χ3n) is 5.03. The third kappa shape index (κ3) is 4.97. The van der Waals surface area contributed by atoms with E-state index in [0.29, 0.717) is 24.6 Å². The van der Waals surface area contributed by atoms with Crippen LogP contribution in [0.4, 0.5) is 5.69 Å². The van der Waals surface area contributed by atoms with Gasteiger partial charge in [-0.2, -0.15) is 0 Å². The molecule has 0 amide bonds. The number of amidine groups is 1. The molecule has 0 spiro atoms. The van der Waals surface area contributed by atoms with E-state index in [-0.39, 0.29) is 23.0 Å². The van der Waals surface area contributed by atoms with Crippen molar-refractivity contribution in [2.24, 2.45) is 0 Å². The van der Waals surface area contributed by atoms with Gasteiger partial charge < -0.3 is 9.64 Å². The summed E-state index contributed by atoms with van der Waals surface area (Å²) in [7, 11) is 0. The van der Waals surface area contributed by atoms with E-state index in [0.717, 1.165) is 32.4 Å². The van der Waals surface area contributed by atoms with E-state index in [2.05, 4.69) is 28.1 Å².